The summed E-state index contributed by atoms with van der Waals surface area (Å²) in [4.78, 5) is 4.90. The summed E-state index contributed by atoms with van der Waals surface area (Å²) in [5, 5.41) is 6.09. The minimum atomic E-state index is -3.18. The zero-order chi connectivity index (χ0) is 17.3. The fourth-order valence-electron chi connectivity index (χ4n) is 2.51. The minimum Gasteiger partial charge on any atom is -0.332 e. The SMILES string of the molecule is Cc1cc(C)cc(Nc2nc(-c3ccc(S(C)(=O)=O)cc3)cs2)c1. The van der Waals surface area contributed by atoms with Gasteiger partial charge in [-0.25, -0.2) is 13.4 Å². The number of thiazole rings is 1. The van der Waals surface area contributed by atoms with Crippen LogP contribution in [0.5, 0.6) is 0 Å². The number of sulfone groups is 1. The molecule has 0 amide bonds. The molecule has 0 saturated heterocycles. The Morgan fingerprint density at radius 3 is 2.21 bits per heavy atom. The van der Waals surface area contributed by atoms with Crippen LogP contribution in [0.4, 0.5) is 10.8 Å². The molecule has 0 spiro atoms. The Kier molecular flexibility index (Phi) is 4.43. The van der Waals surface area contributed by atoms with Gasteiger partial charge >= 0.3 is 0 Å². The van der Waals surface area contributed by atoms with Crippen molar-refractivity contribution in [2.24, 2.45) is 0 Å². The molecule has 0 aliphatic rings. The van der Waals surface area contributed by atoms with Crippen molar-refractivity contribution < 1.29 is 8.42 Å². The molecule has 0 bridgehead atoms. The molecular weight excluding hydrogens is 340 g/mol. The Balaban J connectivity index is 1.82. The summed E-state index contributed by atoms with van der Waals surface area (Å²) in [6.45, 7) is 4.13. The third-order valence-corrected chi connectivity index (χ3v) is 5.44. The Hall–Kier alpha value is -2.18. The van der Waals surface area contributed by atoms with Crippen LogP contribution in [0.1, 0.15) is 11.1 Å². The van der Waals surface area contributed by atoms with Crippen LogP contribution in [0, 0.1) is 13.8 Å². The van der Waals surface area contributed by atoms with Crippen LogP contribution < -0.4 is 5.32 Å². The number of aryl methyl sites for hydroxylation is 2. The molecule has 0 fully saturated rings. The van der Waals surface area contributed by atoms with Crippen LogP contribution in [0.3, 0.4) is 0 Å². The molecule has 1 N–H and O–H groups in total. The molecule has 0 unspecified atom stereocenters. The molecule has 1 aromatic heterocycles. The molecule has 0 radical (unpaired) electrons. The van der Waals surface area contributed by atoms with E-state index < -0.39 is 9.84 Å². The summed E-state index contributed by atoms with van der Waals surface area (Å²) < 4.78 is 23.0. The van der Waals surface area contributed by atoms with Crippen LogP contribution in [0.15, 0.2) is 52.7 Å². The van der Waals surface area contributed by atoms with Crippen LogP contribution >= 0.6 is 11.3 Å². The maximum Gasteiger partial charge on any atom is 0.187 e. The monoisotopic (exact) mass is 358 g/mol. The Morgan fingerprint density at radius 2 is 1.62 bits per heavy atom. The highest BCUT2D eigenvalue weighted by molar-refractivity contribution is 7.90. The summed E-state index contributed by atoms with van der Waals surface area (Å²) in [7, 11) is -3.18. The second-order valence-corrected chi connectivity index (χ2v) is 8.71. The fraction of sp³-hybridized carbons (Fsp3) is 0.167. The first-order valence-corrected chi connectivity index (χ1v) is 10.2. The molecule has 1 heterocycles. The zero-order valence-corrected chi connectivity index (χ0v) is 15.3. The molecule has 0 atom stereocenters. The standard InChI is InChI=1S/C18H18N2O2S2/c1-12-8-13(2)10-15(9-12)19-18-20-17(11-23-18)14-4-6-16(7-5-14)24(3,21)22/h4-11H,1-3H3,(H,19,20). The van der Waals surface area contributed by atoms with Crippen molar-refractivity contribution in [3.63, 3.8) is 0 Å². The minimum absolute atomic E-state index is 0.315. The van der Waals surface area contributed by atoms with E-state index in [0.717, 1.165) is 22.1 Å². The number of nitrogens with zero attached hydrogens (tertiary/aromatic N) is 1. The van der Waals surface area contributed by atoms with Gasteiger partial charge in [0.25, 0.3) is 0 Å². The number of nitrogens with one attached hydrogen (secondary N) is 1. The average Bonchev–Trinajstić information content (AvgIpc) is 2.94. The molecular formula is C18H18N2O2S2. The maximum atomic E-state index is 11.5. The van der Waals surface area contributed by atoms with Gasteiger partial charge in [-0.3, -0.25) is 0 Å². The summed E-state index contributed by atoms with van der Waals surface area (Å²) >= 11 is 1.52. The molecule has 3 rings (SSSR count). The largest absolute Gasteiger partial charge is 0.332 e. The van der Waals surface area contributed by atoms with Gasteiger partial charge in [-0.1, -0.05) is 18.2 Å². The van der Waals surface area contributed by atoms with Gasteiger partial charge < -0.3 is 5.32 Å². The van der Waals surface area contributed by atoms with Gasteiger partial charge in [-0.05, 0) is 49.2 Å². The molecule has 124 valence electrons. The average molecular weight is 358 g/mol. The zero-order valence-electron chi connectivity index (χ0n) is 13.7. The summed E-state index contributed by atoms with van der Waals surface area (Å²) in [5.74, 6) is 0. The van der Waals surface area contributed by atoms with Crippen molar-refractivity contribution >= 4 is 32.0 Å². The smallest absolute Gasteiger partial charge is 0.187 e. The first-order valence-electron chi connectivity index (χ1n) is 7.42. The predicted molar refractivity (Wildman–Crippen MR) is 99.9 cm³/mol. The van der Waals surface area contributed by atoms with Crippen molar-refractivity contribution in [1.82, 2.24) is 4.98 Å². The van der Waals surface area contributed by atoms with Crippen molar-refractivity contribution in [2.75, 3.05) is 11.6 Å². The lowest BCUT2D eigenvalue weighted by molar-refractivity contribution is 0.602. The van der Waals surface area contributed by atoms with E-state index in [1.54, 1.807) is 24.3 Å². The highest BCUT2D eigenvalue weighted by Gasteiger charge is 2.09. The van der Waals surface area contributed by atoms with E-state index in [1.165, 1.54) is 28.7 Å². The molecule has 4 nitrogen and oxygen atoms in total. The van der Waals surface area contributed by atoms with E-state index in [2.05, 4.69) is 42.3 Å². The normalized spacial score (nSPS) is 11.5. The summed E-state index contributed by atoms with van der Waals surface area (Å²) in [5.41, 5.74) is 5.14. The molecule has 0 aliphatic carbocycles. The molecule has 24 heavy (non-hydrogen) atoms. The van der Waals surface area contributed by atoms with E-state index in [1.807, 2.05) is 5.38 Å². The molecule has 6 heteroatoms. The topological polar surface area (TPSA) is 59.1 Å². The number of aromatic nitrogens is 1. The number of anilines is 2. The van der Waals surface area contributed by atoms with E-state index in [-0.39, 0.29) is 0 Å². The van der Waals surface area contributed by atoms with Gasteiger partial charge in [0.1, 0.15) is 0 Å². The first-order chi connectivity index (χ1) is 11.3. The van der Waals surface area contributed by atoms with Crippen LogP contribution in [-0.2, 0) is 9.84 Å². The summed E-state index contributed by atoms with van der Waals surface area (Å²) in [6, 6.07) is 13.1. The van der Waals surface area contributed by atoms with Crippen LogP contribution in [0.2, 0.25) is 0 Å². The summed E-state index contributed by atoms with van der Waals surface area (Å²) in [6.07, 6.45) is 1.21. The third-order valence-electron chi connectivity index (χ3n) is 3.56. The lowest BCUT2D eigenvalue weighted by Gasteiger charge is -2.05. The number of hydrogen-bond acceptors (Lipinski definition) is 5. The molecule has 3 aromatic rings. The van der Waals surface area contributed by atoms with Crippen molar-refractivity contribution in [3.05, 3.63) is 59.0 Å². The quantitative estimate of drug-likeness (QED) is 0.742. The van der Waals surface area contributed by atoms with Gasteiger partial charge in [0.2, 0.25) is 0 Å². The van der Waals surface area contributed by atoms with E-state index in [0.29, 0.717) is 4.90 Å². The van der Waals surface area contributed by atoms with Gasteiger partial charge in [0.05, 0.1) is 10.6 Å². The first kappa shape index (κ1) is 16.7. The Labute approximate surface area is 146 Å². The van der Waals surface area contributed by atoms with Crippen molar-refractivity contribution in [2.45, 2.75) is 18.7 Å². The van der Waals surface area contributed by atoms with Gasteiger partial charge in [-0.15, -0.1) is 11.3 Å². The second-order valence-electron chi connectivity index (χ2n) is 5.84. The van der Waals surface area contributed by atoms with Crippen LogP contribution in [0.25, 0.3) is 11.3 Å². The second kappa shape index (κ2) is 6.37. The van der Waals surface area contributed by atoms with Crippen molar-refractivity contribution in [3.8, 4) is 11.3 Å². The van der Waals surface area contributed by atoms with E-state index >= 15 is 0 Å². The number of rotatable bonds is 4. The van der Waals surface area contributed by atoms with E-state index in [9.17, 15) is 8.42 Å². The Morgan fingerprint density at radius 1 is 1.00 bits per heavy atom. The van der Waals surface area contributed by atoms with Gasteiger partial charge in [0.15, 0.2) is 15.0 Å². The fourth-order valence-corrected chi connectivity index (χ4v) is 3.88. The highest BCUT2D eigenvalue weighted by Crippen LogP contribution is 2.28. The third kappa shape index (κ3) is 3.83. The number of benzene rings is 2. The van der Waals surface area contributed by atoms with Crippen LogP contribution in [-0.4, -0.2) is 19.7 Å². The lowest BCUT2D eigenvalue weighted by atomic mass is 10.1. The lowest BCUT2D eigenvalue weighted by Crippen LogP contribution is -1.96. The Bertz CT molecular complexity index is 954. The predicted octanol–water partition coefficient (Wildman–Crippen LogP) is 4.57. The molecule has 2 aromatic carbocycles. The van der Waals surface area contributed by atoms with Crippen molar-refractivity contribution in [1.29, 1.82) is 0 Å². The van der Waals surface area contributed by atoms with E-state index in [4.69, 9.17) is 0 Å². The molecule has 0 saturated carbocycles. The maximum absolute atomic E-state index is 11.5. The molecule has 0 aliphatic heterocycles. The van der Waals surface area contributed by atoms with Gasteiger partial charge in [0, 0.05) is 22.9 Å². The van der Waals surface area contributed by atoms with Gasteiger partial charge in [-0.2, -0.15) is 0 Å². The highest BCUT2D eigenvalue weighted by atomic mass is 32.2. The number of hydrogen-bond donors (Lipinski definition) is 1.